The van der Waals surface area contributed by atoms with Crippen molar-refractivity contribution in [2.24, 2.45) is 0 Å². The first-order valence-corrected chi connectivity index (χ1v) is 12.5. The molecule has 0 bridgehead atoms. The van der Waals surface area contributed by atoms with Crippen LogP contribution in [-0.2, 0) is 11.2 Å². The number of anilines is 1. The van der Waals surface area contributed by atoms with Crippen LogP contribution in [0.1, 0.15) is 66.1 Å². The molecule has 1 unspecified atom stereocenters. The quantitative estimate of drug-likeness (QED) is 0.268. The van der Waals surface area contributed by atoms with Crippen LogP contribution >= 0.6 is 20.0 Å². The number of nitrogens with one attached hydrogen (secondary N) is 1. The van der Waals surface area contributed by atoms with Crippen LogP contribution in [0.25, 0.3) is 0 Å². The number of amides is 1. The lowest BCUT2D eigenvalue weighted by atomic mass is 9.85. The number of phenolic OH excluding ortho intramolecular Hbond substituents is 1. The highest BCUT2D eigenvalue weighted by atomic mass is 32.2. The van der Waals surface area contributed by atoms with E-state index in [0.29, 0.717) is 11.2 Å². The highest BCUT2D eigenvalue weighted by Gasteiger charge is 2.21. The third-order valence-electron chi connectivity index (χ3n) is 5.33. The van der Waals surface area contributed by atoms with E-state index in [1.807, 2.05) is 45.0 Å². The topological polar surface area (TPSA) is 75.1 Å². The number of rotatable bonds is 5. The van der Waals surface area contributed by atoms with Gasteiger partial charge in [0.1, 0.15) is 17.1 Å². The summed E-state index contributed by atoms with van der Waals surface area (Å²) >= 11 is 1.68. The molecule has 0 fully saturated rings. The molecule has 1 aliphatic rings. The fourth-order valence-corrected chi connectivity index (χ4v) is 5.58. The van der Waals surface area contributed by atoms with Gasteiger partial charge in [0.15, 0.2) is 0 Å². The molecular weight excluding hydrogens is 437 g/mol. The average Bonchev–Trinajstić information content (AvgIpc) is 3.13. The molecule has 164 valence electrons. The number of fused-ring (bicyclic) bond motifs is 1. The minimum atomic E-state index is -0.257. The van der Waals surface area contributed by atoms with Gasteiger partial charge in [-0.05, 0) is 54.0 Å². The summed E-state index contributed by atoms with van der Waals surface area (Å²) in [6.07, 6.45) is 1.65. The minimum Gasteiger partial charge on any atom is -0.508 e. The van der Waals surface area contributed by atoms with E-state index in [1.54, 1.807) is 36.3 Å². The summed E-state index contributed by atoms with van der Waals surface area (Å²) in [7, 11) is 1.26. The normalized spacial score (nSPS) is 15.4. The van der Waals surface area contributed by atoms with Crippen molar-refractivity contribution in [2.75, 3.05) is 5.32 Å². The summed E-state index contributed by atoms with van der Waals surface area (Å²) < 4.78 is 0. The van der Waals surface area contributed by atoms with Gasteiger partial charge in [0.25, 0.3) is 5.91 Å². The number of carbonyl (C=O) groups is 1. The van der Waals surface area contributed by atoms with Gasteiger partial charge in [-0.15, -0.1) is 11.8 Å². The van der Waals surface area contributed by atoms with Crippen LogP contribution in [0.2, 0.25) is 0 Å². The van der Waals surface area contributed by atoms with Crippen LogP contribution in [0, 0.1) is 0 Å². The summed E-state index contributed by atoms with van der Waals surface area (Å²) in [5, 5.41) is 14.1. The standard InChI is InChI=1S/C25H26N3O2PS/c1-15-22-19(12-31-15)24(27-14-26-22)32-13-16-6-5-7-18(10-16)28-23(30)17-8-9-21(29)20(11-17)25(2,3)4/h5-12,14-15,29H,13H2,1-4H3,(H,28,30). The van der Waals surface area contributed by atoms with Crippen LogP contribution in [-0.4, -0.2) is 26.8 Å². The second kappa shape index (κ2) is 9.05. The van der Waals surface area contributed by atoms with Gasteiger partial charge in [-0.3, -0.25) is 4.79 Å². The Morgan fingerprint density at radius 2 is 2.00 bits per heavy atom. The number of thioether (sulfide) groups is 1. The van der Waals surface area contributed by atoms with Crippen molar-refractivity contribution >= 4 is 37.4 Å². The van der Waals surface area contributed by atoms with Crippen molar-refractivity contribution in [3.63, 3.8) is 0 Å². The number of aromatic nitrogens is 2. The molecule has 2 heterocycles. The third kappa shape index (κ3) is 4.87. The maximum atomic E-state index is 12.8. The Labute approximate surface area is 194 Å². The first-order chi connectivity index (χ1) is 15.2. The summed E-state index contributed by atoms with van der Waals surface area (Å²) in [6.45, 7) is 8.21. The van der Waals surface area contributed by atoms with Crippen LogP contribution < -0.4 is 5.32 Å². The summed E-state index contributed by atoms with van der Waals surface area (Å²) in [5.74, 6) is 2.95. The molecule has 7 heteroatoms. The van der Waals surface area contributed by atoms with Crippen LogP contribution in [0.15, 0.2) is 53.8 Å². The highest BCUT2D eigenvalue weighted by molar-refractivity contribution is 7.98. The maximum Gasteiger partial charge on any atom is 0.255 e. The van der Waals surface area contributed by atoms with Crippen molar-refractivity contribution in [1.29, 1.82) is 0 Å². The van der Waals surface area contributed by atoms with E-state index in [-0.39, 0.29) is 17.1 Å². The van der Waals surface area contributed by atoms with Crippen LogP contribution in [0.4, 0.5) is 5.69 Å². The fraction of sp³-hybridized carbons (Fsp3) is 0.280. The van der Waals surface area contributed by atoms with E-state index in [2.05, 4.69) is 28.0 Å². The minimum absolute atomic E-state index is 0.198. The van der Waals surface area contributed by atoms with Gasteiger partial charge in [0.05, 0.1) is 5.69 Å². The van der Waals surface area contributed by atoms with E-state index < -0.39 is 0 Å². The number of benzene rings is 2. The zero-order chi connectivity index (χ0) is 22.9. The Bertz CT molecular complexity index is 1200. The zero-order valence-electron chi connectivity index (χ0n) is 18.6. The van der Waals surface area contributed by atoms with E-state index in [4.69, 9.17) is 0 Å². The van der Waals surface area contributed by atoms with Gasteiger partial charge in [0.2, 0.25) is 0 Å². The van der Waals surface area contributed by atoms with Crippen molar-refractivity contribution < 1.29 is 9.90 Å². The van der Waals surface area contributed by atoms with Gasteiger partial charge in [0, 0.05) is 33.8 Å². The molecule has 0 aliphatic carbocycles. The molecule has 2 N–H and O–H groups in total. The molecule has 4 rings (SSSR count). The van der Waals surface area contributed by atoms with Gasteiger partial charge >= 0.3 is 0 Å². The van der Waals surface area contributed by atoms with Crippen molar-refractivity contribution in [2.45, 2.75) is 49.5 Å². The smallest absolute Gasteiger partial charge is 0.255 e. The first-order valence-electron chi connectivity index (χ1n) is 10.5. The molecule has 1 aliphatic heterocycles. The number of aromatic hydroxyl groups is 1. The highest BCUT2D eigenvalue weighted by Crippen LogP contribution is 2.38. The maximum absolute atomic E-state index is 12.8. The van der Waals surface area contributed by atoms with Gasteiger partial charge in [-0.2, -0.15) is 0 Å². The lowest BCUT2D eigenvalue weighted by Crippen LogP contribution is -2.16. The van der Waals surface area contributed by atoms with Crippen LogP contribution in [0.5, 0.6) is 5.75 Å². The summed E-state index contributed by atoms with van der Waals surface area (Å²) in [5.41, 5.74) is 5.55. The number of hydrogen-bond acceptors (Lipinski definition) is 5. The number of nitrogens with zero attached hydrogens (tertiary/aromatic N) is 2. The van der Waals surface area contributed by atoms with Crippen molar-refractivity contribution in [3.8, 4) is 5.75 Å². The molecule has 1 atom stereocenters. The monoisotopic (exact) mass is 463 g/mol. The fourth-order valence-electron chi connectivity index (χ4n) is 3.59. The van der Waals surface area contributed by atoms with E-state index in [9.17, 15) is 9.90 Å². The lowest BCUT2D eigenvalue weighted by molar-refractivity contribution is 0.102. The third-order valence-corrected chi connectivity index (χ3v) is 7.50. The van der Waals surface area contributed by atoms with Crippen LogP contribution in [0.3, 0.4) is 0 Å². The molecule has 1 aromatic heterocycles. The number of phenols is 1. The molecular formula is C25H26N3O2PS. The van der Waals surface area contributed by atoms with Crippen molar-refractivity contribution in [1.82, 2.24) is 9.97 Å². The van der Waals surface area contributed by atoms with Gasteiger partial charge in [-0.25, -0.2) is 9.97 Å². The predicted octanol–water partition coefficient (Wildman–Crippen LogP) is 6.20. The molecule has 1 amide bonds. The van der Waals surface area contributed by atoms with Gasteiger partial charge < -0.3 is 10.4 Å². The Morgan fingerprint density at radius 3 is 2.78 bits per heavy atom. The average molecular weight is 464 g/mol. The Morgan fingerprint density at radius 1 is 1.19 bits per heavy atom. The molecule has 0 spiro atoms. The Kier molecular flexibility index (Phi) is 6.36. The Hall–Kier alpha value is -2.69. The molecule has 2 aromatic carbocycles. The van der Waals surface area contributed by atoms with E-state index in [0.717, 1.165) is 38.9 Å². The molecule has 0 radical (unpaired) electrons. The summed E-state index contributed by atoms with van der Waals surface area (Å²) in [4.78, 5) is 21.7. The van der Waals surface area contributed by atoms with Crippen molar-refractivity contribution in [3.05, 3.63) is 76.7 Å². The second-order valence-corrected chi connectivity index (χ2v) is 11.2. The second-order valence-electron chi connectivity index (χ2n) is 8.86. The number of hydrogen-bond donors (Lipinski definition) is 2. The molecule has 3 aromatic rings. The number of carbonyl (C=O) groups excluding carboxylic acids is 1. The molecule has 5 nitrogen and oxygen atoms in total. The largest absolute Gasteiger partial charge is 0.508 e. The zero-order valence-corrected chi connectivity index (χ0v) is 20.3. The lowest BCUT2D eigenvalue weighted by Gasteiger charge is -2.21. The molecule has 0 saturated carbocycles. The first kappa shape index (κ1) is 22.5. The Balaban J connectivity index is 1.46. The molecule has 32 heavy (non-hydrogen) atoms. The predicted molar refractivity (Wildman–Crippen MR) is 133 cm³/mol. The molecule has 0 saturated heterocycles. The summed E-state index contributed by atoms with van der Waals surface area (Å²) in [6, 6.07) is 12.9. The van der Waals surface area contributed by atoms with Gasteiger partial charge in [-0.1, -0.05) is 41.1 Å². The van der Waals surface area contributed by atoms with E-state index >= 15 is 0 Å². The van der Waals surface area contributed by atoms with E-state index in [1.165, 1.54) is 8.20 Å². The SMILES string of the molecule is CC1P=Cc2c(SCc3cccc(NC(=O)c4ccc(O)c(C(C)(C)C)c4)c3)ncnc21.